The highest BCUT2D eigenvalue weighted by Gasteiger charge is 2.34. The van der Waals surface area contributed by atoms with Crippen molar-refractivity contribution in [2.75, 3.05) is 5.88 Å². The van der Waals surface area contributed by atoms with Crippen LogP contribution in [0.15, 0.2) is 12.1 Å². The highest BCUT2D eigenvalue weighted by Crippen LogP contribution is 2.33. The number of aldehydes is 1. The molecule has 0 fully saturated rings. The van der Waals surface area contributed by atoms with E-state index in [1.54, 1.807) is 0 Å². The van der Waals surface area contributed by atoms with Gasteiger partial charge in [0.05, 0.1) is 23.1 Å². The van der Waals surface area contributed by atoms with E-state index in [1.165, 1.54) is 6.07 Å². The van der Waals surface area contributed by atoms with Crippen molar-refractivity contribution < 1.29 is 22.8 Å². The predicted molar refractivity (Wildman–Crippen MR) is 56.6 cm³/mol. The molecule has 0 atom stereocenters. The topological polar surface area (TPSA) is 57.9 Å². The van der Waals surface area contributed by atoms with Gasteiger partial charge in [0.15, 0.2) is 12.1 Å². The zero-order valence-electron chi connectivity index (χ0n) is 8.71. The third-order valence-corrected chi connectivity index (χ3v) is 2.41. The molecule has 18 heavy (non-hydrogen) atoms. The summed E-state index contributed by atoms with van der Waals surface area (Å²) in [5.74, 6) is -1.21. The van der Waals surface area contributed by atoms with E-state index in [0.29, 0.717) is 6.07 Å². The number of hydrogen-bond acceptors (Lipinski definition) is 3. The fraction of sp³-hybridized carbons (Fsp3) is 0.182. The number of carbonyl (C=O) groups is 2. The van der Waals surface area contributed by atoms with Crippen molar-refractivity contribution in [2.45, 2.75) is 6.18 Å². The fourth-order valence-electron chi connectivity index (χ4n) is 1.35. The monoisotopic (exact) mass is 275 g/mol. The zero-order valence-corrected chi connectivity index (χ0v) is 9.47. The Balaban J connectivity index is 3.58. The number of hydrogen-bond donors (Lipinski definition) is 0. The number of nitriles is 1. The summed E-state index contributed by atoms with van der Waals surface area (Å²) in [6, 6.07) is 2.69. The molecule has 1 aromatic carbocycles. The van der Waals surface area contributed by atoms with E-state index >= 15 is 0 Å². The van der Waals surface area contributed by atoms with Gasteiger partial charge in [-0.3, -0.25) is 9.59 Å². The normalized spacial score (nSPS) is 10.8. The SMILES string of the molecule is N#Cc1cc(C(F)(F)F)c(C=O)cc1C(=O)CCl. The molecule has 0 heterocycles. The van der Waals surface area contributed by atoms with Crippen molar-refractivity contribution in [3.63, 3.8) is 0 Å². The standard InChI is InChI=1S/C11H5ClF3NO2/c12-3-10(18)8-1-7(5-17)9(11(13,14)15)2-6(8)4-16/h1-2,5H,3H2. The van der Waals surface area contributed by atoms with Crippen molar-refractivity contribution in [3.8, 4) is 6.07 Å². The van der Waals surface area contributed by atoms with E-state index in [9.17, 15) is 22.8 Å². The number of nitrogens with zero attached hydrogens (tertiary/aromatic N) is 1. The second-order valence-corrected chi connectivity index (χ2v) is 3.54. The first-order valence-electron chi connectivity index (χ1n) is 4.54. The molecule has 0 N–H and O–H groups in total. The Kier molecular flexibility index (Phi) is 4.09. The number of Topliss-reactive ketones (excluding diaryl/α,β-unsaturated/α-hetero) is 1. The number of benzene rings is 1. The third-order valence-electron chi connectivity index (χ3n) is 2.16. The Morgan fingerprint density at radius 2 is 2.06 bits per heavy atom. The van der Waals surface area contributed by atoms with E-state index < -0.39 is 34.5 Å². The summed E-state index contributed by atoms with van der Waals surface area (Å²) in [4.78, 5) is 22.0. The predicted octanol–water partition coefficient (Wildman–Crippen LogP) is 2.81. The van der Waals surface area contributed by atoms with Crippen LogP contribution in [0, 0.1) is 11.3 Å². The molecule has 94 valence electrons. The molecule has 7 heteroatoms. The smallest absolute Gasteiger partial charge is 0.298 e. The van der Waals surface area contributed by atoms with E-state index in [-0.39, 0.29) is 11.8 Å². The largest absolute Gasteiger partial charge is 0.417 e. The van der Waals surface area contributed by atoms with Crippen LogP contribution in [0.25, 0.3) is 0 Å². The van der Waals surface area contributed by atoms with Gasteiger partial charge in [-0.2, -0.15) is 18.4 Å². The lowest BCUT2D eigenvalue weighted by atomic mass is 9.97. The summed E-state index contributed by atoms with van der Waals surface area (Å²) in [6.45, 7) is 0. The lowest BCUT2D eigenvalue weighted by Crippen LogP contribution is -2.13. The average Bonchev–Trinajstić information content (AvgIpc) is 2.34. The molecule has 0 saturated heterocycles. The van der Waals surface area contributed by atoms with Crippen molar-refractivity contribution in [1.82, 2.24) is 0 Å². The van der Waals surface area contributed by atoms with Crippen LogP contribution in [0.5, 0.6) is 0 Å². The van der Waals surface area contributed by atoms with Crippen molar-refractivity contribution in [3.05, 3.63) is 34.4 Å². The van der Waals surface area contributed by atoms with E-state index in [0.717, 1.165) is 6.07 Å². The highest BCUT2D eigenvalue weighted by atomic mass is 35.5. The molecule has 0 aliphatic rings. The quantitative estimate of drug-likeness (QED) is 0.484. The Morgan fingerprint density at radius 3 is 2.44 bits per heavy atom. The average molecular weight is 276 g/mol. The minimum absolute atomic E-state index is 0.0189. The second-order valence-electron chi connectivity index (χ2n) is 3.27. The van der Waals surface area contributed by atoms with Crippen molar-refractivity contribution in [1.29, 1.82) is 5.26 Å². The molecule has 0 radical (unpaired) electrons. The molecular formula is C11H5ClF3NO2. The van der Waals surface area contributed by atoms with Crippen molar-refractivity contribution >= 4 is 23.7 Å². The van der Waals surface area contributed by atoms with Gasteiger partial charge in [-0.1, -0.05) is 0 Å². The minimum atomic E-state index is -4.77. The lowest BCUT2D eigenvalue weighted by molar-refractivity contribution is -0.137. The highest BCUT2D eigenvalue weighted by molar-refractivity contribution is 6.30. The first-order chi connectivity index (χ1) is 8.35. The molecule has 0 aliphatic carbocycles. The van der Waals surface area contributed by atoms with Crippen LogP contribution in [-0.2, 0) is 6.18 Å². The summed E-state index contributed by atoms with van der Waals surface area (Å²) >= 11 is 5.27. The van der Waals surface area contributed by atoms with Crippen LogP contribution < -0.4 is 0 Å². The summed E-state index contributed by atoms with van der Waals surface area (Å²) in [5, 5.41) is 8.72. The number of halogens is 4. The molecule has 1 rings (SSSR count). The van der Waals surface area contributed by atoms with Crippen LogP contribution in [0.1, 0.15) is 31.8 Å². The first kappa shape index (κ1) is 14.2. The number of alkyl halides is 4. The molecule has 0 amide bonds. The Labute approximate surface area is 105 Å². The minimum Gasteiger partial charge on any atom is -0.298 e. The van der Waals surface area contributed by atoms with Gasteiger partial charge >= 0.3 is 6.18 Å². The van der Waals surface area contributed by atoms with Crippen LogP contribution in [0.2, 0.25) is 0 Å². The molecule has 0 saturated carbocycles. The summed E-state index contributed by atoms with van der Waals surface area (Å²) in [7, 11) is 0. The maximum Gasteiger partial charge on any atom is 0.417 e. The maximum atomic E-state index is 12.6. The second kappa shape index (κ2) is 5.19. The summed E-state index contributed by atoms with van der Waals surface area (Å²) in [5.41, 5.74) is -2.70. The molecule has 0 bridgehead atoms. The van der Waals surface area contributed by atoms with E-state index in [2.05, 4.69) is 0 Å². The number of ketones is 1. The van der Waals surface area contributed by atoms with Gasteiger partial charge < -0.3 is 0 Å². The molecule has 0 unspecified atom stereocenters. The van der Waals surface area contributed by atoms with Gasteiger partial charge in [-0.15, -0.1) is 11.6 Å². The van der Waals surface area contributed by atoms with Crippen LogP contribution in [0.3, 0.4) is 0 Å². The Hall–Kier alpha value is -1.87. The Bertz CT molecular complexity index is 546. The molecule has 0 aromatic heterocycles. The zero-order chi connectivity index (χ0) is 13.9. The van der Waals surface area contributed by atoms with Crippen LogP contribution in [0.4, 0.5) is 13.2 Å². The molecular weight excluding hydrogens is 271 g/mol. The van der Waals surface area contributed by atoms with Gasteiger partial charge in [-0.05, 0) is 12.1 Å². The first-order valence-corrected chi connectivity index (χ1v) is 5.08. The van der Waals surface area contributed by atoms with E-state index in [4.69, 9.17) is 16.9 Å². The van der Waals surface area contributed by atoms with E-state index in [1.807, 2.05) is 0 Å². The van der Waals surface area contributed by atoms with Gasteiger partial charge in [-0.25, -0.2) is 0 Å². The summed E-state index contributed by atoms with van der Waals surface area (Å²) < 4.78 is 37.8. The molecule has 1 aromatic rings. The molecule has 0 aliphatic heterocycles. The lowest BCUT2D eigenvalue weighted by Gasteiger charge is -2.11. The fourth-order valence-corrected chi connectivity index (χ4v) is 1.50. The number of carbonyl (C=O) groups excluding carboxylic acids is 2. The Morgan fingerprint density at radius 1 is 1.44 bits per heavy atom. The third kappa shape index (κ3) is 2.68. The molecule has 0 spiro atoms. The van der Waals surface area contributed by atoms with Crippen LogP contribution in [-0.4, -0.2) is 17.9 Å². The van der Waals surface area contributed by atoms with Gasteiger partial charge in [0, 0.05) is 11.1 Å². The number of rotatable bonds is 3. The van der Waals surface area contributed by atoms with Gasteiger partial charge in [0.25, 0.3) is 0 Å². The maximum absolute atomic E-state index is 12.6. The van der Waals surface area contributed by atoms with Crippen LogP contribution >= 0.6 is 11.6 Å². The molecule has 3 nitrogen and oxygen atoms in total. The summed E-state index contributed by atoms with van der Waals surface area (Å²) in [6.07, 6.45) is -4.79. The van der Waals surface area contributed by atoms with Crippen molar-refractivity contribution in [2.24, 2.45) is 0 Å². The van der Waals surface area contributed by atoms with Gasteiger partial charge in [0.2, 0.25) is 0 Å². The van der Waals surface area contributed by atoms with Gasteiger partial charge in [0.1, 0.15) is 0 Å².